The molecule has 1 atom stereocenters. The Labute approximate surface area is 144 Å². The van der Waals surface area contributed by atoms with E-state index in [1.807, 2.05) is 40.8 Å². The first-order chi connectivity index (χ1) is 11.6. The topological polar surface area (TPSA) is 53.5 Å². The van der Waals surface area contributed by atoms with Gasteiger partial charge in [-0.1, -0.05) is 0 Å². The fourth-order valence-electron chi connectivity index (χ4n) is 3.68. The number of likely N-dealkylation sites (tertiary alicyclic amines) is 1. The van der Waals surface area contributed by atoms with Gasteiger partial charge in [0, 0.05) is 36.9 Å². The van der Waals surface area contributed by atoms with Crippen molar-refractivity contribution in [1.82, 2.24) is 9.88 Å². The maximum Gasteiger partial charge on any atom is 0.255 e. The molecule has 2 aliphatic heterocycles. The van der Waals surface area contributed by atoms with Crippen molar-refractivity contribution in [2.45, 2.75) is 19.8 Å². The van der Waals surface area contributed by atoms with Gasteiger partial charge in [-0.2, -0.15) is 11.3 Å². The first kappa shape index (κ1) is 15.3. The van der Waals surface area contributed by atoms with Gasteiger partial charge in [0.15, 0.2) is 0 Å². The minimum Gasteiger partial charge on any atom is -0.337 e. The van der Waals surface area contributed by atoms with E-state index >= 15 is 0 Å². The summed E-state index contributed by atoms with van der Waals surface area (Å²) in [5.74, 6) is 0.138. The van der Waals surface area contributed by atoms with Crippen LogP contribution in [-0.4, -0.2) is 41.3 Å². The number of rotatable bonds is 2. The van der Waals surface area contributed by atoms with Gasteiger partial charge in [0.2, 0.25) is 5.91 Å². The molecular weight excluding hydrogens is 322 g/mol. The predicted molar refractivity (Wildman–Crippen MR) is 93.2 cm³/mol. The third kappa shape index (κ3) is 2.41. The Morgan fingerprint density at radius 1 is 1.25 bits per heavy atom. The summed E-state index contributed by atoms with van der Waals surface area (Å²) in [6.07, 6.45) is 3.19. The molecule has 0 aromatic carbocycles. The Hall–Kier alpha value is -2.21. The second kappa shape index (κ2) is 5.70. The van der Waals surface area contributed by atoms with Crippen molar-refractivity contribution < 1.29 is 9.59 Å². The van der Waals surface area contributed by atoms with Crippen LogP contribution in [0.4, 0.5) is 5.69 Å². The predicted octanol–water partition coefficient (Wildman–Crippen LogP) is 2.72. The molecule has 24 heavy (non-hydrogen) atoms. The molecule has 1 spiro atoms. The van der Waals surface area contributed by atoms with Gasteiger partial charge in [-0.25, -0.2) is 0 Å². The number of thiophene rings is 1. The number of anilines is 1. The van der Waals surface area contributed by atoms with Crippen LogP contribution < -0.4 is 4.90 Å². The first-order valence-corrected chi connectivity index (χ1v) is 9.09. The zero-order chi connectivity index (χ0) is 16.7. The lowest BCUT2D eigenvalue weighted by atomic mass is 9.85. The summed E-state index contributed by atoms with van der Waals surface area (Å²) in [6, 6.07) is 5.64. The Bertz CT molecular complexity index is 772. The normalized spacial score (nSPS) is 23.5. The average Bonchev–Trinajstić information content (AvgIpc) is 3.31. The highest BCUT2D eigenvalue weighted by molar-refractivity contribution is 7.08. The van der Waals surface area contributed by atoms with Crippen molar-refractivity contribution in [3.63, 3.8) is 0 Å². The van der Waals surface area contributed by atoms with Gasteiger partial charge in [-0.3, -0.25) is 14.6 Å². The molecule has 4 heterocycles. The molecule has 2 aromatic heterocycles. The van der Waals surface area contributed by atoms with Crippen molar-refractivity contribution in [2.75, 3.05) is 24.5 Å². The molecule has 0 unspecified atom stereocenters. The van der Waals surface area contributed by atoms with Crippen LogP contribution in [0.5, 0.6) is 0 Å². The van der Waals surface area contributed by atoms with E-state index in [0.717, 1.165) is 30.8 Å². The Morgan fingerprint density at radius 2 is 2.08 bits per heavy atom. The van der Waals surface area contributed by atoms with Crippen LogP contribution in [0.15, 0.2) is 35.2 Å². The number of carbonyl (C=O) groups excluding carboxylic acids is 2. The van der Waals surface area contributed by atoms with Crippen LogP contribution in [-0.2, 0) is 4.79 Å². The van der Waals surface area contributed by atoms with Gasteiger partial charge >= 0.3 is 0 Å². The molecule has 2 saturated heterocycles. The third-order valence-corrected chi connectivity index (χ3v) is 5.80. The van der Waals surface area contributed by atoms with Gasteiger partial charge in [0.05, 0.1) is 16.7 Å². The van der Waals surface area contributed by atoms with Gasteiger partial charge in [0.1, 0.15) is 0 Å². The average molecular weight is 341 g/mol. The monoisotopic (exact) mass is 341 g/mol. The number of amides is 2. The van der Waals surface area contributed by atoms with Gasteiger partial charge in [-0.05, 0) is 43.3 Å². The quantitative estimate of drug-likeness (QED) is 0.844. The number of pyridine rings is 1. The lowest BCUT2D eigenvalue weighted by molar-refractivity contribution is -0.124. The summed E-state index contributed by atoms with van der Waals surface area (Å²) in [7, 11) is 0. The third-order valence-electron chi connectivity index (χ3n) is 5.13. The molecule has 2 aromatic rings. The lowest BCUT2D eigenvalue weighted by Gasteiger charge is -2.23. The molecule has 6 heteroatoms. The smallest absolute Gasteiger partial charge is 0.255 e. The summed E-state index contributed by atoms with van der Waals surface area (Å²) in [6.45, 7) is 3.79. The first-order valence-electron chi connectivity index (χ1n) is 8.15. The van der Waals surface area contributed by atoms with Crippen molar-refractivity contribution in [2.24, 2.45) is 5.41 Å². The number of nitrogens with zero attached hydrogens (tertiary/aromatic N) is 3. The molecule has 2 amide bonds. The van der Waals surface area contributed by atoms with E-state index in [1.54, 1.807) is 22.4 Å². The summed E-state index contributed by atoms with van der Waals surface area (Å²) in [5.41, 5.74) is 2.06. The molecule has 0 radical (unpaired) electrons. The van der Waals surface area contributed by atoms with Gasteiger partial charge in [0.25, 0.3) is 5.91 Å². The second-order valence-electron chi connectivity index (χ2n) is 6.63. The molecule has 5 nitrogen and oxygen atoms in total. The second-order valence-corrected chi connectivity index (χ2v) is 7.41. The zero-order valence-electron chi connectivity index (χ0n) is 13.6. The fourth-order valence-corrected chi connectivity index (χ4v) is 4.32. The summed E-state index contributed by atoms with van der Waals surface area (Å²) >= 11 is 1.60. The Morgan fingerprint density at radius 3 is 2.79 bits per heavy atom. The maximum absolute atomic E-state index is 13.0. The fraction of sp³-hybridized carbons (Fsp3) is 0.389. The molecule has 0 aliphatic carbocycles. The van der Waals surface area contributed by atoms with E-state index in [0.29, 0.717) is 18.7 Å². The van der Waals surface area contributed by atoms with E-state index in [-0.39, 0.29) is 11.8 Å². The minimum atomic E-state index is -0.407. The zero-order valence-corrected chi connectivity index (χ0v) is 14.4. The molecular formula is C18H19N3O2S. The number of carbonyl (C=O) groups is 2. The van der Waals surface area contributed by atoms with Crippen molar-refractivity contribution in [3.8, 4) is 0 Å². The van der Waals surface area contributed by atoms with Crippen LogP contribution in [0.3, 0.4) is 0 Å². The minimum absolute atomic E-state index is 0.0267. The SMILES string of the molecule is Cc1ccc(C(=O)N2CC[C@@]3(CCN(c4ccsc4)C3=O)C2)cn1. The number of aryl methyl sites for hydroxylation is 1. The van der Waals surface area contributed by atoms with Crippen LogP contribution >= 0.6 is 11.3 Å². The van der Waals surface area contributed by atoms with Crippen molar-refractivity contribution in [3.05, 3.63) is 46.4 Å². The lowest BCUT2D eigenvalue weighted by Crippen LogP contribution is -2.38. The number of hydrogen-bond donors (Lipinski definition) is 0. The van der Waals surface area contributed by atoms with Crippen LogP contribution in [0, 0.1) is 12.3 Å². The van der Waals surface area contributed by atoms with E-state index in [1.165, 1.54) is 0 Å². The van der Waals surface area contributed by atoms with E-state index in [4.69, 9.17) is 0 Å². The maximum atomic E-state index is 13.0. The van der Waals surface area contributed by atoms with E-state index in [2.05, 4.69) is 4.98 Å². The summed E-state index contributed by atoms with van der Waals surface area (Å²) < 4.78 is 0. The molecule has 124 valence electrons. The van der Waals surface area contributed by atoms with Crippen molar-refractivity contribution >= 4 is 28.8 Å². The largest absolute Gasteiger partial charge is 0.337 e. The Balaban J connectivity index is 1.51. The summed E-state index contributed by atoms with van der Waals surface area (Å²) in [4.78, 5) is 33.5. The number of hydrogen-bond acceptors (Lipinski definition) is 4. The standard InChI is InChI=1S/C18H19N3O2S/c1-13-2-3-14(10-19-13)16(22)20-7-5-18(12-20)6-8-21(17(18)23)15-4-9-24-11-15/h2-4,9-11H,5-8,12H2,1H3/t18-/m1/s1. The molecule has 2 fully saturated rings. The van der Waals surface area contributed by atoms with Gasteiger partial charge in [-0.15, -0.1) is 0 Å². The highest BCUT2D eigenvalue weighted by Crippen LogP contribution is 2.42. The number of aromatic nitrogens is 1. The van der Waals surface area contributed by atoms with E-state index < -0.39 is 5.41 Å². The van der Waals surface area contributed by atoms with Crippen LogP contribution in [0.1, 0.15) is 28.9 Å². The molecule has 0 saturated carbocycles. The highest BCUT2D eigenvalue weighted by Gasteiger charge is 2.52. The van der Waals surface area contributed by atoms with Crippen LogP contribution in [0.2, 0.25) is 0 Å². The molecule has 0 N–H and O–H groups in total. The summed E-state index contributed by atoms with van der Waals surface area (Å²) in [5, 5.41) is 4.00. The molecule has 0 bridgehead atoms. The van der Waals surface area contributed by atoms with Crippen molar-refractivity contribution in [1.29, 1.82) is 0 Å². The van der Waals surface area contributed by atoms with Gasteiger partial charge < -0.3 is 9.80 Å². The highest BCUT2D eigenvalue weighted by atomic mass is 32.1. The van der Waals surface area contributed by atoms with E-state index in [9.17, 15) is 9.59 Å². The molecule has 4 rings (SSSR count). The van der Waals surface area contributed by atoms with Crippen LogP contribution in [0.25, 0.3) is 0 Å². The molecule has 2 aliphatic rings. The Kier molecular flexibility index (Phi) is 3.64.